The van der Waals surface area contributed by atoms with Gasteiger partial charge in [-0.1, -0.05) is 13.0 Å². The van der Waals surface area contributed by atoms with Gasteiger partial charge in [0, 0.05) is 42.8 Å². The van der Waals surface area contributed by atoms with Crippen LogP contribution in [0.4, 0.5) is 5.69 Å². The molecule has 0 unspecified atom stereocenters. The molecule has 1 N–H and O–H groups in total. The van der Waals surface area contributed by atoms with Gasteiger partial charge in [-0.3, -0.25) is 4.79 Å². The zero-order valence-corrected chi connectivity index (χ0v) is 18.7. The molecule has 2 heterocycles. The Hall–Kier alpha value is -1.52. The molecule has 0 atom stereocenters. The van der Waals surface area contributed by atoms with E-state index in [2.05, 4.69) is 33.1 Å². The molecule has 0 bridgehead atoms. The van der Waals surface area contributed by atoms with E-state index >= 15 is 0 Å². The lowest BCUT2D eigenvalue weighted by Gasteiger charge is -2.33. The summed E-state index contributed by atoms with van der Waals surface area (Å²) in [6.07, 6.45) is 3.15. The van der Waals surface area contributed by atoms with E-state index in [-0.39, 0.29) is 10.8 Å². The minimum absolute atomic E-state index is 0.196. The van der Waals surface area contributed by atoms with Crippen LogP contribution in [0.25, 0.3) is 6.08 Å². The van der Waals surface area contributed by atoms with Gasteiger partial charge >= 0.3 is 0 Å². The maximum absolute atomic E-state index is 12.9. The average Bonchev–Trinajstić information content (AvgIpc) is 3.12. The minimum Gasteiger partial charge on any atom is -0.322 e. The third kappa shape index (κ3) is 5.30. The molecule has 0 aliphatic carbocycles. The average molecular weight is 484 g/mol. The van der Waals surface area contributed by atoms with E-state index in [1.165, 1.54) is 27.8 Å². The van der Waals surface area contributed by atoms with Crippen molar-refractivity contribution in [3.05, 3.63) is 51.1 Å². The van der Waals surface area contributed by atoms with E-state index in [4.69, 9.17) is 0 Å². The smallest absolute Gasteiger partial charge is 0.248 e. The van der Waals surface area contributed by atoms with Crippen LogP contribution in [-0.4, -0.2) is 56.3 Å². The molecule has 2 aromatic rings. The molecule has 1 saturated heterocycles. The summed E-state index contributed by atoms with van der Waals surface area (Å²) in [5.41, 5.74) is 0.454. The number of hydrogen-bond acceptors (Lipinski definition) is 5. The third-order valence-corrected chi connectivity index (χ3v) is 7.99. The van der Waals surface area contributed by atoms with Crippen LogP contribution in [0.2, 0.25) is 0 Å². The van der Waals surface area contributed by atoms with Gasteiger partial charge in [0.25, 0.3) is 0 Å². The predicted molar refractivity (Wildman–Crippen MR) is 117 cm³/mol. The molecular formula is C19H22BrN3O3S2. The molecule has 1 aliphatic heterocycles. The first kappa shape index (κ1) is 21.2. The Kier molecular flexibility index (Phi) is 7.05. The molecule has 1 amide bonds. The fourth-order valence-electron chi connectivity index (χ4n) is 2.93. The number of carbonyl (C=O) groups is 1. The number of nitrogens with zero attached hydrogens (tertiary/aromatic N) is 2. The van der Waals surface area contributed by atoms with E-state index in [0.29, 0.717) is 18.8 Å². The minimum atomic E-state index is -3.57. The summed E-state index contributed by atoms with van der Waals surface area (Å²) in [4.78, 5) is 15.5. The maximum Gasteiger partial charge on any atom is 0.248 e. The number of sulfonamides is 1. The second-order valence-electron chi connectivity index (χ2n) is 6.33. The number of piperazine rings is 1. The molecule has 0 spiro atoms. The summed E-state index contributed by atoms with van der Waals surface area (Å²) in [7, 11) is -3.57. The van der Waals surface area contributed by atoms with Gasteiger partial charge in [0.1, 0.15) is 0 Å². The molecule has 1 aliphatic rings. The molecular weight excluding hydrogens is 462 g/mol. The number of likely N-dealkylation sites (N-methyl/N-ethyl adjacent to an activating group) is 1. The molecule has 6 nitrogen and oxygen atoms in total. The number of hydrogen-bond donors (Lipinski definition) is 1. The fourth-order valence-corrected chi connectivity index (χ4v) is 5.72. The lowest BCUT2D eigenvalue weighted by atomic mass is 10.3. The van der Waals surface area contributed by atoms with Gasteiger partial charge < -0.3 is 10.2 Å². The lowest BCUT2D eigenvalue weighted by molar-refractivity contribution is -0.111. The second kappa shape index (κ2) is 9.32. The van der Waals surface area contributed by atoms with Gasteiger partial charge in [-0.05, 0) is 58.9 Å². The summed E-state index contributed by atoms with van der Waals surface area (Å²) >= 11 is 4.90. The van der Waals surface area contributed by atoms with Crippen molar-refractivity contribution in [1.82, 2.24) is 9.21 Å². The Morgan fingerprint density at radius 2 is 1.96 bits per heavy atom. The van der Waals surface area contributed by atoms with Gasteiger partial charge in [-0.15, -0.1) is 11.3 Å². The van der Waals surface area contributed by atoms with Crippen LogP contribution < -0.4 is 5.32 Å². The van der Waals surface area contributed by atoms with E-state index in [0.717, 1.165) is 28.3 Å². The van der Waals surface area contributed by atoms with Gasteiger partial charge in [0.15, 0.2) is 0 Å². The summed E-state index contributed by atoms with van der Waals surface area (Å²) < 4.78 is 28.3. The summed E-state index contributed by atoms with van der Waals surface area (Å²) in [6.45, 7) is 5.41. The maximum atomic E-state index is 12.9. The lowest BCUT2D eigenvalue weighted by Crippen LogP contribution is -2.48. The van der Waals surface area contributed by atoms with Crippen molar-refractivity contribution in [3.8, 4) is 0 Å². The van der Waals surface area contributed by atoms with E-state index in [1.807, 2.05) is 12.1 Å². The SMILES string of the molecule is CCN1CCN(S(=O)(=O)c2cccc(NC(=O)/C=C/c3ccc(Br)s3)c2)CC1. The van der Waals surface area contributed by atoms with Gasteiger partial charge in [-0.2, -0.15) is 4.31 Å². The largest absolute Gasteiger partial charge is 0.322 e. The number of benzene rings is 1. The van der Waals surface area contributed by atoms with Crippen LogP contribution >= 0.6 is 27.3 Å². The van der Waals surface area contributed by atoms with Crippen LogP contribution in [0, 0.1) is 0 Å². The van der Waals surface area contributed by atoms with Crippen LogP contribution in [0.5, 0.6) is 0 Å². The van der Waals surface area contributed by atoms with E-state index in [1.54, 1.807) is 24.3 Å². The predicted octanol–water partition coefficient (Wildman–Crippen LogP) is 3.49. The van der Waals surface area contributed by atoms with Gasteiger partial charge in [0.05, 0.1) is 8.68 Å². The van der Waals surface area contributed by atoms with Gasteiger partial charge in [0.2, 0.25) is 15.9 Å². The van der Waals surface area contributed by atoms with Crippen LogP contribution in [0.3, 0.4) is 0 Å². The summed E-state index contributed by atoms with van der Waals surface area (Å²) in [5, 5.41) is 2.73. The first-order valence-electron chi connectivity index (χ1n) is 8.95. The third-order valence-electron chi connectivity index (χ3n) is 4.51. The fraction of sp³-hybridized carbons (Fsp3) is 0.316. The molecule has 9 heteroatoms. The van der Waals surface area contributed by atoms with Crippen molar-refractivity contribution < 1.29 is 13.2 Å². The highest BCUT2D eigenvalue weighted by atomic mass is 79.9. The Morgan fingerprint density at radius 1 is 1.21 bits per heavy atom. The number of halogens is 1. The second-order valence-corrected chi connectivity index (χ2v) is 10.8. The quantitative estimate of drug-likeness (QED) is 0.638. The Morgan fingerprint density at radius 3 is 2.61 bits per heavy atom. The highest BCUT2D eigenvalue weighted by Gasteiger charge is 2.28. The van der Waals surface area contributed by atoms with Crippen molar-refractivity contribution in [2.75, 3.05) is 38.0 Å². The monoisotopic (exact) mass is 483 g/mol. The number of carbonyl (C=O) groups excluding carboxylic acids is 1. The number of anilines is 1. The van der Waals surface area contributed by atoms with Crippen molar-refractivity contribution in [2.24, 2.45) is 0 Å². The number of nitrogens with one attached hydrogen (secondary N) is 1. The zero-order valence-electron chi connectivity index (χ0n) is 15.5. The zero-order chi connectivity index (χ0) is 20.1. The normalized spacial score (nSPS) is 16.5. The van der Waals surface area contributed by atoms with E-state index in [9.17, 15) is 13.2 Å². The Balaban J connectivity index is 1.68. The standard InChI is InChI=1S/C19H22BrN3O3S2/c1-2-22-10-12-23(13-11-22)28(25,26)17-5-3-4-15(14-17)21-19(24)9-7-16-6-8-18(20)27-16/h3-9,14H,2,10-13H2,1H3,(H,21,24)/b9-7+. The van der Waals surface area contributed by atoms with Crippen LogP contribution in [0.1, 0.15) is 11.8 Å². The number of thiophene rings is 1. The first-order chi connectivity index (χ1) is 13.4. The van der Waals surface area contributed by atoms with Crippen molar-refractivity contribution >= 4 is 55.0 Å². The van der Waals surface area contributed by atoms with Crippen LogP contribution in [-0.2, 0) is 14.8 Å². The molecule has 3 rings (SSSR count). The summed E-state index contributed by atoms with van der Waals surface area (Å²) in [5.74, 6) is -0.310. The van der Waals surface area contributed by atoms with Crippen LogP contribution in [0.15, 0.2) is 51.2 Å². The Labute approximate surface area is 178 Å². The highest BCUT2D eigenvalue weighted by molar-refractivity contribution is 9.11. The molecule has 150 valence electrons. The first-order valence-corrected chi connectivity index (χ1v) is 12.0. The molecule has 1 aromatic heterocycles. The topological polar surface area (TPSA) is 69.7 Å². The number of rotatable bonds is 6. The molecule has 1 aromatic carbocycles. The number of amides is 1. The molecule has 0 saturated carbocycles. The van der Waals surface area contributed by atoms with Crippen molar-refractivity contribution in [2.45, 2.75) is 11.8 Å². The molecule has 28 heavy (non-hydrogen) atoms. The highest BCUT2D eigenvalue weighted by Crippen LogP contribution is 2.23. The Bertz CT molecular complexity index is 964. The molecule has 1 fully saturated rings. The summed E-state index contributed by atoms with van der Waals surface area (Å²) in [6, 6.07) is 10.2. The van der Waals surface area contributed by atoms with Gasteiger partial charge in [-0.25, -0.2) is 8.42 Å². The van der Waals surface area contributed by atoms with Crippen molar-refractivity contribution in [3.63, 3.8) is 0 Å². The molecule has 0 radical (unpaired) electrons. The van der Waals surface area contributed by atoms with Crippen molar-refractivity contribution in [1.29, 1.82) is 0 Å². The van der Waals surface area contributed by atoms with E-state index < -0.39 is 10.0 Å².